The van der Waals surface area contributed by atoms with E-state index in [-0.39, 0.29) is 5.54 Å². The average Bonchev–Trinajstić information content (AvgIpc) is 2.15. The molecule has 0 spiro atoms. The summed E-state index contributed by atoms with van der Waals surface area (Å²) in [5.74, 6) is 1.34. The Labute approximate surface area is 99.9 Å². The van der Waals surface area contributed by atoms with Crippen LogP contribution < -0.4 is 11.1 Å². The summed E-state index contributed by atoms with van der Waals surface area (Å²) < 4.78 is 0. The van der Waals surface area contributed by atoms with E-state index in [2.05, 4.69) is 38.0 Å². The Balaban J connectivity index is 2.58. The van der Waals surface area contributed by atoms with Crippen LogP contribution in [0.1, 0.15) is 59.8 Å². The maximum atomic E-state index is 5.95. The molecule has 0 saturated heterocycles. The van der Waals surface area contributed by atoms with Gasteiger partial charge in [0.1, 0.15) is 0 Å². The van der Waals surface area contributed by atoms with Gasteiger partial charge in [-0.25, -0.2) is 4.99 Å². The van der Waals surface area contributed by atoms with Gasteiger partial charge in [-0.2, -0.15) is 0 Å². The first-order chi connectivity index (χ1) is 7.42. The van der Waals surface area contributed by atoms with E-state index in [9.17, 15) is 0 Å². The second-order valence-electron chi connectivity index (χ2n) is 5.91. The molecule has 0 heterocycles. The first-order valence-electron chi connectivity index (χ1n) is 6.54. The van der Waals surface area contributed by atoms with Crippen LogP contribution in [0.15, 0.2) is 4.99 Å². The zero-order valence-corrected chi connectivity index (χ0v) is 11.2. The molecule has 16 heavy (non-hydrogen) atoms. The number of hydrogen-bond acceptors (Lipinski definition) is 1. The van der Waals surface area contributed by atoms with Crippen molar-refractivity contribution in [1.29, 1.82) is 0 Å². The number of nitrogens with zero attached hydrogens (tertiary/aromatic N) is 1. The highest BCUT2D eigenvalue weighted by Crippen LogP contribution is 2.29. The second kappa shape index (κ2) is 5.55. The molecule has 1 rings (SSSR count). The van der Waals surface area contributed by atoms with E-state index in [1.165, 1.54) is 32.1 Å². The van der Waals surface area contributed by atoms with Gasteiger partial charge in [-0.05, 0) is 39.5 Å². The third kappa shape index (κ3) is 4.42. The molecule has 3 N–H and O–H groups in total. The van der Waals surface area contributed by atoms with Crippen LogP contribution in [0.2, 0.25) is 0 Å². The highest BCUT2D eigenvalue weighted by atomic mass is 15.1. The maximum absolute atomic E-state index is 5.95. The van der Waals surface area contributed by atoms with Gasteiger partial charge in [0, 0.05) is 5.54 Å². The molecule has 1 aliphatic rings. The molecule has 0 aliphatic heterocycles. The third-order valence-electron chi connectivity index (χ3n) is 3.20. The second-order valence-corrected chi connectivity index (χ2v) is 5.91. The van der Waals surface area contributed by atoms with Gasteiger partial charge in [0.2, 0.25) is 0 Å². The molecule has 1 fully saturated rings. The van der Waals surface area contributed by atoms with Crippen LogP contribution >= 0.6 is 0 Å². The highest BCUT2D eigenvalue weighted by molar-refractivity contribution is 5.78. The molecule has 0 bridgehead atoms. The summed E-state index contributed by atoms with van der Waals surface area (Å²) in [5, 5.41) is 3.24. The summed E-state index contributed by atoms with van der Waals surface area (Å²) in [6, 6.07) is 0.439. The van der Waals surface area contributed by atoms with Crippen molar-refractivity contribution in [2.24, 2.45) is 16.6 Å². The van der Waals surface area contributed by atoms with Gasteiger partial charge in [0.25, 0.3) is 0 Å². The van der Waals surface area contributed by atoms with Crippen molar-refractivity contribution in [2.45, 2.75) is 71.4 Å². The fourth-order valence-electron chi connectivity index (χ4n) is 2.43. The molecule has 0 aromatic rings. The minimum atomic E-state index is 0.00393. The summed E-state index contributed by atoms with van der Waals surface area (Å²) in [6.07, 6.45) is 6.39. The van der Waals surface area contributed by atoms with E-state index in [0.717, 1.165) is 5.92 Å². The van der Waals surface area contributed by atoms with Gasteiger partial charge in [-0.15, -0.1) is 0 Å². The summed E-state index contributed by atoms with van der Waals surface area (Å²) in [6.45, 7) is 8.57. The zero-order chi connectivity index (χ0) is 12.2. The molecule has 2 unspecified atom stereocenters. The van der Waals surface area contributed by atoms with Crippen molar-refractivity contribution >= 4 is 5.96 Å². The lowest BCUT2D eigenvalue weighted by atomic mass is 9.83. The molecule has 3 heteroatoms. The molecule has 1 aliphatic carbocycles. The summed E-state index contributed by atoms with van der Waals surface area (Å²) in [5.41, 5.74) is 5.95. The molecule has 0 radical (unpaired) electrons. The first kappa shape index (κ1) is 13.3. The van der Waals surface area contributed by atoms with Gasteiger partial charge >= 0.3 is 0 Å². The van der Waals surface area contributed by atoms with Crippen LogP contribution in [0.5, 0.6) is 0 Å². The van der Waals surface area contributed by atoms with E-state index in [4.69, 9.17) is 5.73 Å². The van der Waals surface area contributed by atoms with Crippen molar-refractivity contribution in [2.75, 3.05) is 0 Å². The minimum absolute atomic E-state index is 0.00393. The largest absolute Gasteiger partial charge is 0.370 e. The van der Waals surface area contributed by atoms with Crippen LogP contribution in [-0.2, 0) is 0 Å². The van der Waals surface area contributed by atoms with Gasteiger partial charge in [-0.3, -0.25) is 0 Å². The molecule has 0 aromatic carbocycles. The lowest BCUT2D eigenvalue weighted by Gasteiger charge is -2.29. The topological polar surface area (TPSA) is 50.4 Å². The molecule has 2 atom stereocenters. The zero-order valence-electron chi connectivity index (χ0n) is 11.2. The quantitative estimate of drug-likeness (QED) is 0.561. The van der Waals surface area contributed by atoms with Crippen LogP contribution in [-0.4, -0.2) is 17.5 Å². The van der Waals surface area contributed by atoms with Crippen molar-refractivity contribution in [3.63, 3.8) is 0 Å². The Morgan fingerprint density at radius 3 is 2.50 bits per heavy atom. The monoisotopic (exact) mass is 225 g/mol. The van der Waals surface area contributed by atoms with Crippen molar-refractivity contribution in [3.05, 3.63) is 0 Å². The molecule has 94 valence electrons. The van der Waals surface area contributed by atoms with E-state index >= 15 is 0 Å². The van der Waals surface area contributed by atoms with Crippen LogP contribution in [0, 0.1) is 5.92 Å². The van der Waals surface area contributed by atoms with Crippen LogP contribution in [0.25, 0.3) is 0 Å². The Morgan fingerprint density at radius 2 is 1.94 bits per heavy atom. The lowest BCUT2D eigenvalue weighted by molar-refractivity contribution is 0.301. The van der Waals surface area contributed by atoms with Crippen molar-refractivity contribution < 1.29 is 0 Å². The number of rotatable bonds is 2. The Bertz CT molecular complexity index is 240. The number of guanidine groups is 1. The molecule has 0 amide bonds. The van der Waals surface area contributed by atoms with Crippen LogP contribution in [0.4, 0.5) is 0 Å². The molecule has 1 saturated carbocycles. The minimum Gasteiger partial charge on any atom is -0.370 e. The normalized spacial score (nSPS) is 27.9. The number of nitrogens with two attached hydrogens (primary N) is 1. The Morgan fingerprint density at radius 1 is 1.31 bits per heavy atom. The SMILES string of the molecule is CCC1CCCCC1N=C(N)NC(C)(C)C. The van der Waals surface area contributed by atoms with Crippen molar-refractivity contribution in [3.8, 4) is 0 Å². The number of nitrogens with one attached hydrogen (secondary N) is 1. The van der Waals surface area contributed by atoms with Gasteiger partial charge in [0.05, 0.1) is 6.04 Å². The van der Waals surface area contributed by atoms with Crippen molar-refractivity contribution in [1.82, 2.24) is 5.32 Å². The number of aliphatic imine (C=N–C) groups is 1. The fourth-order valence-corrected chi connectivity index (χ4v) is 2.43. The van der Waals surface area contributed by atoms with E-state index in [1.54, 1.807) is 0 Å². The fraction of sp³-hybridized carbons (Fsp3) is 0.923. The molecule has 0 aromatic heterocycles. The van der Waals surface area contributed by atoms with Gasteiger partial charge in [-0.1, -0.05) is 26.2 Å². The molecular formula is C13H27N3. The number of hydrogen-bond donors (Lipinski definition) is 2. The van der Waals surface area contributed by atoms with Crippen LogP contribution in [0.3, 0.4) is 0 Å². The summed E-state index contributed by atoms with van der Waals surface area (Å²) in [4.78, 5) is 4.66. The Hall–Kier alpha value is -0.730. The predicted octanol–water partition coefficient (Wildman–Crippen LogP) is 2.66. The van der Waals surface area contributed by atoms with Gasteiger partial charge < -0.3 is 11.1 Å². The standard InChI is InChI=1S/C13H27N3/c1-5-10-8-6-7-9-11(10)15-12(14)16-13(2,3)4/h10-11H,5-9H2,1-4H3,(H3,14,15,16). The predicted molar refractivity (Wildman–Crippen MR) is 70.5 cm³/mol. The maximum Gasteiger partial charge on any atom is 0.189 e. The molecular weight excluding hydrogens is 198 g/mol. The highest BCUT2D eigenvalue weighted by Gasteiger charge is 2.23. The first-order valence-corrected chi connectivity index (χ1v) is 6.54. The van der Waals surface area contributed by atoms with Gasteiger partial charge in [0.15, 0.2) is 5.96 Å². The average molecular weight is 225 g/mol. The smallest absolute Gasteiger partial charge is 0.189 e. The van der Waals surface area contributed by atoms with E-state index < -0.39 is 0 Å². The third-order valence-corrected chi connectivity index (χ3v) is 3.20. The van der Waals surface area contributed by atoms with E-state index in [0.29, 0.717) is 12.0 Å². The lowest BCUT2D eigenvalue weighted by Crippen LogP contribution is -2.46. The van der Waals surface area contributed by atoms with E-state index in [1.807, 2.05) is 0 Å². The molecule has 3 nitrogen and oxygen atoms in total. The summed E-state index contributed by atoms with van der Waals surface area (Å²) >= 11 is 0. The summed E-state index contributed by atoms with van der Waals surface area (Å²) in [7, 11) is 0. The Kier molecular flexibility index (Phi) is 4.63.